The summed E-state index contributed by atoms with van der Waals surface area (Å²) in [4.78, 5) is 1.69. The molecule has 1 fully saturated rings. The van der Waals surface area contributed by atoms with Crippen LogP contribution in [0, 0.1) is 5.92 Å². The van der Waals surface area contributed by atoms with Crippen LogP contribution in [-0.2, 0) is 6.54 Å². The van der Waals surface area contributed by atoms with Gasteiger partial charge in [-0.2, -0.15) is 0 Å². The predicted octanol–water partition coefficient (Wildman–Crippen LogP) is 0.864. The van der Waals surface area contributed by atoms with Crippen LogP contribution in [-0.4, -0.2) is 24.8 Å². The van der Waals surface area contributed by atoms with E-state index in [-0.39, 0.29) is 0 Å². The van der Waals surface area contributed by atoms with Crippen LogP contribution in [0.1, 0.15) is 24.8 Å². The molecule has 0 saturated carbocycles. The van der Waals surface area contributed by atoms with E-state index in [0.29, 0.717) is 6.61 Å². The van der Waals surface area contributed by atoms with Crippen molar-refractivity contribution in [1.82, 2.24) is 0 Å². The molecule has 0 unspecified atom stereocenters. The molecular weight excluding hydrogens is 198 g/mol. The molecule has 1 aliphatic heterocycles. The highest BCUT2D eigenvalue weighted by molar-refractivity contribution is 5.13. The molecule has 1 aliphatic rings. The molecule has 0 aliphatic carbocycles. The Labute approximate surface area is 97.9 Å². The number of aliphatic hydroxyl groups is 1. The van der Waals surface area contributed by atoms with Gasteiger partial charge in [-0.15, -0.1) is 0 Å². The standard InChI is InChI=1S/C14H21NO/c16-11-8-13-6-9-15(10-7-13)12-14-4-2-1-3-5-14/h1-5,13,16H,6-12H2/p+1. The summed E-state index contributed by atoms with van der Waals surface area (Å²) in [6.07, 6.45) is 3.56. The fourth-order valence-electron chi connectivity index (χ4n) is 2.62. The zero-order valence-corrected chi connectivity index (χ0v) is 9.86. The van der Waals surface area contributed by atoms with Crippen LogP contribution < -0.4 is 4.90 Å². The maximum absolute atomic E-state index is 8.91. The van der Waals surface area contributed by atoms with Crippen LogP contribution in [0.25, 0.3) is 0 Å². The number of benzene rings is 1. The molecule has 1 aromatic rings. The van der Waals surface area contributed by atoms with Gasteiger partial charge < -0.3 is 10.0 Å². The van der Waals surface area contributed by atoms with Crippen LogP contribution in [0.2, 0.25) is 0 Å². The van der Waals surface area contributed by atoms with Gasteiger partial charge in [0.15, 0.2) is 0 Å². The van der Waals surface area contributed by atoms with E-state index in [9.17, 15) is 0 Å². The summed E-state index contributed by atoms with van der Waals surface area (Å²) in [5.41, 5.74) is 1.44. The van der Waals surface area contributed by atoms with Crippen molar-refractivity contribution >= 4 is 0 Å². The Morgan fingerprint density at radius 1 is 1.12 bits per heavy atom. The molecule has 0 aromatic heterocycles. The van der Waals surface area contributed by atoms with Gasteiger partial charge >= 0.3 is 0 Å². The molecule has 0 spiro atoms. The van der Waals surface area contributed by atoms with E-state index in [0.717, 1.165) is 18.9 Å². The van der Waals surface area contributed by atoms with Crippen molar-refractivity contribution in [2.24, 2.45) is 5.92 Å². The van der Waals surface area contributed by atoms with Crippen molar-refractivity contribution in [3.05, 3.63) is 35.9 Å². The Morgan fingerprint density at radius 2 is 1.81 bits per heavy atom. The molecule has 1 aromatic carbocycles. The van der Waals surface area contributed by atoms with E-state index in [1.807, 2.05) is 0 Å². The van der Waals surface area contributed by atoms with E-state index >= 15 is 0 Å². The lowest BCUT2D eigenvalue weighted by Crippen LogP contribution is -3.11. The van der Waals surface area contributed by atoms with Crippen molar-refractivity contribution in [2.45, 2.75) is 25.8 Å². The lowest BCUT2D eigenvalue weighted by molar-refractivity contribution is -0.919. The summed E-state index contributed by atoms with van der Waals surface area (Å²) in [6, 6.07) is 10.7. The van der Waals surface area contributed by atoms with E-state index in [1.165, 1.54) is 31.5 Å². The summed E-state index contributed by atoms with van der Waals surface area (Å²) in [7, 11) is 0. The van der Waals surface area contributed by atoms with Crippen LogP contribution >= 0.6 is 0 Å². The first-order valence-corrected chi connectivity index (χ1v) is 6.37. The zero-order chi connectivity index (χ0) is 11.2. The summed E-state index contributed by atoms with van der Waals surface area (Å²) in [6.45, 7) is 4.05. The molecular formula is C14H22NO+. The maximum atomic E-state index is 8.91. The van der Waals surface area contributed by atoms with Crippen molar-refractivity contribution in [2.75, 3.05) is 19.7 Å². The number of piperidine rings is 1. The van der Waals surface area contributed by atoms with Gasteiger partial charge in [0.2, 0.25) is 0 Å². The third-order valence-corrected chi connectivity index (χ3v) is 3.65. The largest absolute Gasteiger partial charge is 0.396 e. The third kappa shape index (κ3) is 3.32. The van der Waals surface area contributed by atoms with Crippen molar-refractivity contribution in [3.63, 3.8) is 0 Å². The summed E-state index contributed by atoms with van der Waals surface area (Å²) in [5, 5.41) is 8.91. The van der Waals surface area contributed by atoms with E-state index < -0.39 is 0 Å². The number of hydrogen-bond donors (Lipinski definition) is 2. The Kier molecular flexibility index (Phi) is 4.37. The van der Waals surface area contributed by atoms with E-state index in [2.05, 4.69) is 30.3 Å². The molecule has 2 rings (SSSR count). The quantitative estimate of drug-likeness (QED) is 0.773. The van der Waals surface area contributed by atoms with Gasteiger partial charge in [0.25, 0.3) is 0 Å². The molecule has 2 N–H and O–H groups in total. The minimum Gasteiger partial charge on any atom is -0.396 e. The van der Waals surface area contributed by atoms with Gasteiger partial charge in [-0.3, -0.25) is 0 Å². The van der Waals surface area contributed by atoms with Gasteiger partial charge in [0.1, 0.15) is 6.54 Å². The minimum atomic E-state index is 0.360. The molecule has 2 heteroatoms. The number of rotatable bonds is 4. The minimum absolute atomic E-state index is 0.360. The molecule has 0 atom stereocenters. The van der Waals surface area contributed by atoms with Crippen LogP contribution in [0.3, 0.4) is 0 Å². The fraction of sp³-hybridized carbons (Fsp3) is 0.571. The third-order valence-electron chi connectivity index (χ3n) is 3.65. The first-order chi connectivity index (χ1) is 7.88. The monoisotopic (exact) mass is 220 g/mol. The molecule has 2 nitrogen and oxygen atoms in total. The molecule has 0 bridgehead atoms. The highest BCUT2D eigenvalue weighted by atomic mass is 16.3. The summed E-state index contributed by atoms with van der Waals surface area (Å²) < 4.78 is 0. The van der Waals surface area contributed by atoms with Gasteiger partial charge in [-0.05, 0) is 25.2 Å². The number of quaternary nitrogens is 1. The second-order valence-electron chi connectivity index (χ2n) is 4.87. The van der Waals surface area contributed by atoms with Crippen molar-refractivity contribution < 1.29 is 10.0 Å². The number of nitrogens with one attached hydrogen (secondary N) is 1. The fourth-order valence-corrected chi connectivity index (χ4v) is 2.62. The van der Waals surface area contributed by atoms with Crippen molar-refractivity contribution in [3.8, 4) is 0 Å². The van der Waals surface area contributed by atoms with Crippen LogP contribution in [0.15, 0.2) is 30.3 Å². The Morgan fingerprint density at radius 3 is 2.44 bits per heavy atom. The number of aliphatic hydroxyl groups excluding tert-OH is 1. The smallest absolute Gasteiger partial charge is 0.103 e. The first kappa shape index (κ1) is 11.6. The summed E-state index contributed by atoms with van der Waals surface area (Å²) in [5.74, 6) is 0.768. The number of likely N-dealkylation sites (tertiary alicyclic amines) is 1. The maximum Gasteiger partial charge on any atom is 0.103 e. The first-order valence-electron chi connectivity index (χ1n) is 6.37. The molecule has 16 heavy (non-hydrogen) atoms. The molecule has 1 saturated heterocycles. The predicted molar refractivity (Wildman–Crippen MR) is 65.3 cm³/mol. The second-order valence-corrected chi connectivity index (χ2v) is 4.87. The lowest BCUT2D eigenvalue weighted by Gasteiger charge is -2.29. The Bertz CT molecular complexity index is 291. The number of hydrogen-bond acceptors (Lipinski definition) is 1. The topological polar surface area (TPSA) is 24.7 Å². The van der Waals surface area contributed by atoms with E-state index in [4.69, 9.17) is 5.11 Å². The lowest BCUT2D eigenvalue weighted by atomic mass is 9.94. The Balaban J connectivity index is 1.77. The highest BCUT2D eigenvalue weighted by Gasteiger charge is 2.21. The molecule has 88 valence electrons. The molecule has 0 radical (unpaired) electrons. The molecule has 1 heterocycles. The average Bonchev–Trinajstić information content (AvgIpc) is 2.33. The Hall–Kier alpha value is -0.860. The van der Waals surface area contributed by atoms with Crippen LogP contribution in [0.4, 0.5) is 0 Å². The van der Waals surface area contributed by atoms with Crippen LogP contribution in [0.5, 0.6) is 0 Å². The van der Waals surface area contributed by atoms with Gasteiger partial charge in [0, 0.05) is 12.2 Å². The SMILES string of the molecule is OCCC1CC[NH+](Cc2ccccc2)CC1. The normalized spacial score (nSPS) is 25.6. The van der Waals surface area contributed by atoms with Gasteiger partial charge in [0.05, 0.1) is 13.1 Å². The van der Waals surface area contributed by atoms with Crippen molar-refractivity contribution in [1.29, 1.82) is 0 Å². The molecule has 0 amide bonds. The van der Waals surface area contributed by atoms with Gasteiger partial charge in [-0.1, -0.05) is 30.3 Å². The van der Waals surface area contributed by atoms with Gasteiger partial charge in [-0.25, -0.2) is 0 Å². The summed E-state index contributed by atoms with van der Waals surface area (Å²) >= 11 is 0. The second kappa shape index (κ2) is 6.02. The highest BCUT2D eigenvalue weighted by Crippen LogP contribution is 2.13. The zero-order valence-electron chi connectivity index (χ0n) is 9.86. The average molecular weight is 220 g/mol. The van der Waals surface area contributed by atoms with E-state index in [1.54, 1.807) is 4.90 Å².